The normalized spacial score (nSPS) is 20.1. The molecule has 2 aliphatic rings. The summed E-state index contributed by atoms with van der Waals surface area (Å²) in [7, 11) is 1.66. The number of aromatic nitrogens is 1. The summed E-state index contributed by atoms with van der Waals surface area (Å²) in [5, 5.41) is 4.18. The molecule has 3 atom stereocenters. The largest absolute Gasteiger partial charge is 0.489 e. The maximum Gasteiger partial charge on any atom is 0.408 e. The van der Waals surface area contributed by atoms with E-state index in [1.807, 2.05) is 0 Å². The average Bonchev–Trinajstić information content (AvgIpc) is 3.35. The molecule has 1 saturated heterocycles. The highest BCUT2D eigenvalue weighted by Gasteiger charge is 2.42. The Kier molecular flexibility index (Phi) is 7.62. The Hall–Kier alpha value is -2.97. The smallest absolute Gasteiger partial charge is 0.408 e. The number of hydrogen-bond donors (Lipinski definition) is 3. The van der Waals surface area contributed by atoms with E-state index in [0.717, 1.165) is 24.9 Å². The third-order valence-corrected chi connectivity index (χ3v) is 7.24. The van der Waals surface area contributed by atoms with E-state index in [4.69, 9.17) is 16.3 Å². The summed E-state index contributed by atoms with van der Waals surface area (Å²) in [6.45, 7) is 0.990. The molecule has 1 aromatic carbocycles. The fourth-order valence-electron chi connectivity index (χ4n) is 3.97. The van der Waals surface area contributed by atoms with Crippen LogP contribution < -0.4 is 20.1 Å². The number of ether oxygens (including phenoxy) is 1. The van der Waals surface area contributed by atoms with Crippen LogP contribution in [-0.4, -0.2) is 65.1 Å². The van der Waals surface area contributed by atoms with Crippen LogP contribution in [0.1, 0.15) is 17.4 Å². The third-order valence-electron chi connectivity index (χ3n) is 6.02. The van der Waals surface area contributed by atoms with Gasteiger partial charge in [-0.1, -0.05) is 11.6 Å². The number of aryl methyl sites for hydroxylation is 1. The van der Waals surface area contributed by atoms with Crippen molar-refractivity contribution in [3.8, 4) is 5.75 Å². The molecule has 3 amide bonds. The van der Waals surface area contributed by atoms with Gasteiger partial charge in [-0.15, -0.1) is 0 Å². The Labute approximate surface area is 218 Å². The van der Waals surface area contributed by atoms with Crippen molar-refractivity contribution in [3.05, 3.63) is 40.9 Å². The highest BCUT2D eigenvalue weighted by atomic mass is 35.5. The van der Waals surface area contributed by atoms with Gasteiger partial charge >= 0.3 is 18.0 Å². The van der Waals surface area contributed by atoms with Gasteiger partial charge in [0.05, 0.1) is 16.5 Å². The minimum atomic E-state index is -4.67. The lowest BCUT2D eigenvalue weighted by atomic mass is 10.1. The Balaban J connectivity index is 1.44. The van der Waals surface area contributed by atoms with Crippen LogP contribution >= 0.6 is 23.5 Å². The maximum atomic E-state index is 13.4. The van der Waals surface area contributed by atoms with E-state index in [0.29, 0.717) is 4.90 Å². The van der Waals surface area contributed by atoms with Gasteiger partial charge in [0.25, 0.3) is 5.91 Å². The van der Waals surface area contributed by atoms with Crippen LogP contribution in [0.25, 0.3) is 0 Å². The van der Waals surface area contributed by atoms with Crippen LogP contribution in [0.5, 0.6) is 5.75 Å². The van der Waals surface area contributed by atoms with Crippen molar-refractivity contribution in [3.63, 3.8) is 0 Å². The van der Waals surface area contributed by atoms with Gasteiger partial charge in [0, 0.05) is 44.0 Å². The topological polar surface area (TPSA) is 105 Å². The van der Waals surface area contributed by atoms with Gasteiger partial charge in [0.2, 0.25) is 0 Å². The average molecular weight is 564 g/mol. The number of halogens is 5. The Bertz CT molecular complexity index is 1240. The molecule has 0 bridgehead atoms. The van der Waals surface area contributed by atoms with E-state index in [-0.39, 0.29) is 53.8 Å². The summed E-state index contributed by atoms with van der Waals surface area (Å²) in [5.41, 5.74) is 0.473. The fraction of sp³-hybridized carbons (Fsp3) is 0.409. The van der Waals surface area contributed by atoms with Gasteiger partial charge in [-0.25, -0.2) is 4.39 Å². The second-order valence-corrected chi connectivity index (χ2v) is 10.00. The van der Waals surface area contributed by atoms with Crippen LogP contribution in [0.4, 0.5) is 23.2 Å². The number of hydrogen-bond acceptors (Lipinski definition) is 6. The second kappa shape index (κ2) is 10.4. The zero-order valence-corrected chi connectivity index (χ0v) is 21.1. The number of anilines is 1. The first kappa shape index (κ1) is 27.1. The molecule has 2 aliphatic heterocycles. The molecule has 0 saturated carbocycles. The number of amides is 3. The third kappa shape index (κ3) is 5.80. The molecule has 200 valence electrons. The predicted molar refractivity (Wildman–Crippen MR) is 127 cm³/mol. The summed E-state index contributed by atoms with van der Waals surface area (Å²) < 4.78 is 62.4. The molecule has 1 aromatic heterocycles. The van der Waals surface area contributed by atoms with Crippen molar-refractivity contribution in [2.75, 3.05) is 25.0 Å². The minimum absolute atomic E-state index is 0.0717. The van der Waals surface area contributed by atoms with Gasteiger partial charge in [-0.3, -0.25) is 19.1 Å². The van der Waals surface area contributed by atoms with Gasteiger partial charge in [0.1, 0.15) is 11.9 Å². The molecule has 4 rings (SSSR count). The molecule has 9 nitrogen and oxygen atoms in total. The Morgan fingerprint density at radius 1 is 1.27 bits per heavy atom. The predicted octanol–water partition coefficient (Wildman–Crippen LogP) is 2.95. The number of fused-ring (bicyclic) bond motifs is 2. The summed E-state index contributed by atoms with van der Waals surface area (Å²) >= 11 is 6.95. The maximum absolute atomic E-state index is 13.4. The van der Waals surface area contributed by atoms with Crippen LogP contribution in [0.2, 0.25) is 5.02 Å². The van der Waals surface area contributed by atoms with Gasteiger partial charge in [-0.2, -0.15) is 13.2 Å². The van der Waals surface area contributed by atoms with Gasteiger partial charge in [0.15, 0.2) is 11.4 Å². The van der Waals surface area contributed by atoms with Crippen LogP contribution in [-0.2, 0) is 16.6 Å². The van der Waals surface area contributed by atoms with Gasteiger partial charge in [-0.05, 0) is 37.1 Å². The number of carbonyl (C=O) groups is 3. The summed E-state index contributed by atoms with van der Waals surface area (Å²) in [4.78, 5) is 39.3. The Morgan fingerprint density at radius 2 is 2.00 bits per heavy atom. The molecule has 37 heavy (non-hydrogen) atoms. The van der Waals surface area contributed by atoms with E-state index in [1.165, 1.54) is 17.0 Å². The van der Waals surface area contributed by atoms with Crippen molar-refractivity contribution in [2.24, 2.45) is 13.0 Å². The molecular weight excluding hydrogens is 542 g/mol. The quantitative estimate of drug-likeness (QED) is 0.301. The van der Waals surface area contributed by atoms with Crippen molar-refractivity contribution in [2.45, 2.75) is 30.1 Å². The molecule has 1 fully saturated rings. The first-order valence-corrected chi connectivity index (χ1v) is 12.2. The number of alkyl halides is 3. The van der Waals surface area contributed by atoms with E-state index in [1.54, 1.807) is 23.1 Å². The fourth-order valence-corrected chi connectivity index (χ4v) is 5.15. The summed E-state index contributed by atoms with van der Waals surface area (Å²) in [6, 6.07) is 1.29. The van der Waals surface area contributed by atoms with Crippen molar-refractivity contribution < 1.29 is 36.7 Å². The first-order chi connectivity index (χ1) is 17.3. The molecular formula is C22H22ClF4N5O4S. The number of benzene rings is 1. The van der Waals surface area contributed by atoms with E-state index in [2.05, 4.69) is 10.0 Å². The second-order valence-electron chi connectivity index (χ2n) is 8.71. The molecule has 3 N–H and O–H groups in total. The van der Waals surface area contributed by atoms with Crippen LogP contribution in [0.3, 0.4) is 0 Å². The highest BCUT2D eigenvalue weighted by molar-refractivity contribution is 7.97. The molecule has 0 radical (unpaired) electrons. The van der Waals surface area contributed by atoms with Crippen molar-refractivity contribution >= 4 is 47.0 Å². The molecule has 0 unspecified atom stereocenters. The van der Waals surface area contributed by atoms with Crippen molar-refractivity contribution in [1.29, 1.82) is 0 Å². The highest BCUT2D eigenvalue weighted by Crippen LogP contribution is 2.37. The van der Waals surface area contributed by atoms with E-state index >= 15 is 0 Å². The summed E-state index contributed by atoms with van der Waals surface area (Å²) in [5.74, 6) is -3.57. The van der Waals surface area contributed by atoms with E-state index in [9.17, 15) is 31.9 Å². The lowest BCUT2D eigenvalue weighted by Crippen LogP contribution is -2.50. The number of rotatable bonds is 3. The lowest BCUT2D eigenvalue weighted by molar-refractivity contribution is -0.162. The van der Waals surface area contributed by atoms with Crippen molar-refractivity contribution in [1.82, 2.24) is 19.5 Å². The minimum Gasteiger partial charge on any atom is -0.489 e. The molecule has 2 aromatic rings. The molecule has 0 aliphatic carbocycles. The summed E-state index contributed by atoms with van der Waals surface area (Å²) in [6.07, 6.45) is -3.00. The van der Waals surface area contributed by atoms with E-state index < -0.39 is 35.8 Å². The number of nitrogens with zero attached hydrogens (tertiary/aromatic N) is 2. The number of nitrogens with one attached hydrogen (secondary N) is 3. The number of likely N-dealkylation sites (tertiary alicyclic amines) is 1. The molecule has 0 spiro atoms. The number of carbonyl (C=O) groups excluding carboxylic acids is 3. The zero-order chi connectivity index (χ0) is 27.1. The Morgan fingerprint density at radius 3 is 2.68 bits per heavy atom. The van der Waals surface area contributed by atoms with Crippen LogP contribution in [0, 0.1) is 11.7 Å². The molecule has 3 heterocycles. The van der Waals surface area contributed by atoms with Crippen LogP contribution in [0.15, 0.2) is 29.3 Å². The first-order valence-electron chi connectivity index (χ1n) is 11.0. The standard InChI is InChI=1S/C22H22ClF4N5O4S/c1-10(22(25,26)27)28-20(34)21(35)32-6-11-9-36-18-16(37-30-15(11)7-32)8-31(2)17(18)19(33)29-12-3-4-14(24)13(23)5-12/h3-5,8,10-11,15,30H,6-7,9H2,1-2H3,(H,28,34)(H,29,33)/t10-,11+,15+/m1/s1. The SMILES string of the molecule is C[C@@H](NC(=O)C(=O)N1C[C@H]2COc3c(cn(C)c3C(=O)Nc3ccc(F)c(Cl)c3)SN[C@H]2C1)C(F)(F)F. The molecule has 15 heteroatoms. The zero-order valence-electron chi connectivity index (χ0n) is 19.5. The lowest BCUT2D eigenvalue weighted by Gasteiger charge is -2.23. The van der Waals surface area contributed by atoms with Gasteiger partial charge < -0.3 is 24.8 Å². The monoisotopic (exact) mass is 563 g/mol.